The number of carbonyl (C=O) groups is 1. The van der Waals surface area contributed by atoms with Gasteiger partial charge in [0.25, 0.3) is 5.91 Å². The molecule has 1 aliphatic rings. The minimum Gasteiger partial charge on any atom is -0.483 e. The number of benzene rings is 1. The Labute approximate surface area is 123 Å². The minimum absolute atomic E-state index is 0.0890. The van der Waals surface area contributed by atoms with Crippen molar-refractivity contribution in [3.05, 3.63) is 29.6 Å². The zero-order valence-corrected chi connectivity index (χ0v) is 12.2. The molecule has 1 aliphatic carbocycles. The number of hydrogen-bond acceptors (Lipinski definition) is 4. The fraction of sp³-hybridized carbons (Fsp3) is 0.467. The predicted octanol–water partition coefficient (Wildman–Crippen LogP) is 2.41. The molecule has 0 aliphatic heterocycles. The Morgan fingerprint density at radius 2 is 2.24 bits per heavy atom. The summed E-state index contributed by atoms with van der Waals surface area (Å²) in [5.41, 5.74) is 0.561. The molecular weight excluding hydrogens is 275 g/mol. The van der Waals surface area contributed by atoms with Crippen LogP contribution in [0.3, 0.4) is 0 Å². The quantitative estimate of drug-likeness (QED) is 0.498. The van der Waals surface area contributed by atoms with Gasteiger partial charge in [0.15, 0.2) is 6.61 Å². The van der Waals surface area contributed by atoms with Crippen LogP contribution in [0.15, 0.2) is 23.4 Å². The lowest BCUT2D eigenvalue weighted by atomic mass is 10.1. The lowest BCUT2D eigenvalue weighted by Crippen LogP contribution is -2.36. The number of oxime groups is 1. The molecule has 0 spiro atoms. The smallest absolute Gasteiger partial charge is 0.260 e. The summed E-state index contributed by atoms with van der Waals surface area (Å²) in [6, 6.07) is 4.22. The van der Waals surface area contributed by atoms with Crippen LogP contribution in [0.2, 0.25) is 0 Å². The van der Waals surface area contributed by atoms with E-state index >= 15 is 0 Å². The van der Waals surface area contributed by atoms with Crippen LogP contribution in [0.4, 0.5) is 4.39 Å². The molecule has 1 saturated carbocycles. The van der Waals surface area contributed by atoms with Gasteiger partial charge in [-0.05, 0) is 44.9 Å². The standard InChI is InChI=1S/C15H19FN2O3/c1-3-18(12-5-6-12)15(19)9-21-14-7-4-11(16)8-13(14)10(2)17-20/h4,7-8,12,20H,3,5-6,9H2,1-2H3/b17-10+. The summed E-state index contributed by atoms with van der Waals surface area (Å²) >= 11 is 0. The molecule has 1 amide bonds. The van der Waals surface area contributed by atoms with Crippen molar-refractivity contribution in [3.63, 3.8) is 0 Å². The maximum atomic E-state index is 13.3. The Hall–Kier alpha value is -2.11. The van der Waals surface area contributed by atoms with Crippen LogP contribution in [0.1, 0.15) is 32.3 Å². The topological polar surface area (TPSA) is 62.1 Å². The Balaban J connectivity index is 2.07. The highest BCUT2D eigenvalue weighted by Gasteiger charge is 2.31. The van der Waals surface area contributed by atoms with Gasteiger partial charge in [-0.25, -0.2) is 4.39 Å². The largest absolute Gasteiger partial charge is 0.483 e. The van der Waals surface area contributed by atoms with E-state index in [9.17, 15) is 9.18 Å². The number of carbonyl (C=O) groups excluding carboxylic acids is 1. The fourth-order valence-corrected chi connectivity index (χ4v) is 2.21. The molecule has 0 unspecified atom stereocenters. The molecule has 21 heavy (non-hydrogen) atoms. The maximum absolute atomic E-state index is 13.3. The highest BCUT2D eigenvalue weighted by Crippen LogP contribution is 2.27. The van der Waals surface area contributed by atoms with E-state index in [2.05, 4.69) is 5.16 Å². The Kier molecular flexibility index (Phi) is 4.77. The summed E-state index contributed by atoms with van der Waals surface area (Å²) in [5.74, 6) is -0.222. The average molecular weight is 294 g/mol. The van der Waals surface area contributed by atoms with Crippen molar-refractivity contribution in [3.8, 4) is 5.75 Å². The number of amides is 1. The first-order valence-electron chi connectivity index (χ1n) is 6.97. The van der Waals surface area contributed by atoms with E-state index in [1.165, 1.54) is 25.1 Å². The van der Waals surface area contributed by atoms with E-state index in [0.29, 0.717) is 23.9 Å². The molecule has 1 fully saturated rings. The fourth-order valence-electron chi connectivity index (χ4n) is 2.21. The second kappa shape index (κ2) is 6.56. The number of hydrogen-bond donors (Lipinski definition) is 1. The van der Waals surface area contributed by atoms with E-state index < -0.39 is 5.82 Å². The highest BCUT2D eigenvalue weighted by molar-refractivity contribution is 6.00. The van der Waals surface area contributed by atoms with Crippen molar-refractivity contribution >= 4 is 11.6 Å². The molecular formula is C15H19FN2O3. The molecule has 1 aromatic carbocycles. The SMILES string of the molecule is CCN(C(=O)COc1ccc(F)cc1/C(C)=N/O)C1CC1. The first-order chi connectivity index (χ1) is 10.1. The van der Waals surface area contributed by atoms with Gasteiger partial charge < -0.3 is 14.8 Å². The third-order valence-corrected chi connectivity index (χ3v) is 3.48. The predicted molar refractivity (Wildman–Crippen MR) is 76.3 cm³/mol. The Bertz CT molecular complexity index is 556. The molecule has 2 rings (SSSR count). The van der Waals surface area contributed by atoms with Crippen molar-refractivity contribution in [1.82, 2.24) is 4.90 Å². The minimum atomic E-state index is -0.458. The second-order valence-corrected chi connectivity index (χ2v) is 5.03. The Morgan fingerprint density at radius 1 is 1.52 bits per heavy atom. The van der Waals surface area contributed by atoms with Crippen LogP contribution in [-0.2, 0) is 4.79 Å². The van der Waals surface area contributed by atoms with Crippen LogP contribution in [0.5, 0.6) is 5.75 Å². The van der Waals surface area contributed by atoms with Crippen molar-refractivity contribution in [1.29, 1.82) is 0 Å². The summed E-state index contributed by atoms with van der Waals surface area (Å²) in [7, 11) is 0. The van der Waals surface area contributed by atoms with E-state index in [0.717, 1.165) is 12.8 Å². The third kappa shape index (κ3) is 3.71. The average Bonchev–Trinajstić information content (AvgIpc) is 3.30. The molecule has 0 aromatic heterocycles. The monoisotopic (exact) mass is 294 g/mol. The molecule has 1 N–H and O–H groups in total. The van der Waals surface area contributed by atoms with E-state index in [-0.39, 0.29) is 18.2 Å². The number of nitrogens with zero attached hydrogens (tertiary/aromatic N) is 2. The Morgan fingerprint density at radius 3 is 2.81 bits per heavy atom. The molecule has 0 atom stereocenters. The molecule has 0 bridgehead atoms. The van der Waals surface area contributed by atoms with Gasteiger partial charge in [0.2, 0.25) is 0 Å². The molecule has 5 nitrogen and oxygen atoms in total. The number of halogens is 1. The summed E-state index contributed by atoms with van der Waals surface area (Å²) in [6.07, 6.45) is 2.08. The van der Waals surface area contributed by atoms with Gasteiger partial charge in [0.1, 0.15) is 11.6 Å². The summed E-state index contributed by atoms with van der Waals surface area (Å²) in [6.45, 7) is 4.01. The first kappa shape index (κ1) is 15.3. The summed E-state index contributed by atoms with van der Waals surface area (Å²) in [4.78, 5) is 13.9. The zero-order valence-electron chi connectivity index (χ0n) is 12.2. The van der Waals surface area contributed by atoms with Crippen molar-refractivity contribution in [2.75, 3.05) is 13.2 Å². The van der Waals surface area contributed by atoms with Gasteiger partial charge >= 0.3 is 0 Å². The molecule has 1 aromatic rings. The number of rotatable bonds is 6. The summed E-state index contributed by atoms with van der Waals surface area (Å²) in [5, 5.41) is 11.9. The van der Waals surface area contributed by atoms with Crippen molar-refractivity contribution in [2.24, 2.45) is 5.16 Å². The lowest BCUT2D eigenvalue weighted by Gasteiger charge is -2.20. The lowest BCUT2D eigenvalue weighted by molar-refractivity contribution is -0.133. The second-order valence-electron chi connectivity index (χ2n) is 5.03. The van der Waals surface area contributed by atoms with E-state index in [4.69, 9.17) is 9.94 Å². The van der Waals surface area contributed by atoms with Gasteiger partial charge in [0.05, 0.1) is 5.71 Å². The van der Waals surface area contributed by atoms with Crippen LogP contribution in [-0.4, -0.2) is 40.9 Å². The molecule has 0 saturated heterocycles. The van der Waals surface area contributed by atoms with Crippen LogP contribution in [0.25, 0.3) is 0 Å². The van der Waals surface area contributed by atoms with E-state index in [1.54, 1.807) is 4.90 Å². The summed E-state index contributed by atoms with van der Waals surface area (Å²) < 4.78 is 18.8. The normalized spacial score (nSPS) is 14.9. The maximum Gasteiger partial charge on any atom is 0.260 e. The molecule has 114 valence electrons. The van der Waals surface area contributed by atoms with Crippen LogP contribution in [0, 0.1) is 5.82 Å². The highest BCUT2D eigenvalue weighted by atomic mass is 19.1. The first-order valence-corrected chi connectivity index (χ1v) is 6.97. The van der Waals surface area contributed by atoms with Gasteiger partial charge in [-0.2, -0.15) is 0 Å². The molecule has 0 radical (unpaired) electrons. The van der Waals surface area contributed by atoms with Gasteiger partial charge in [-0.3, -0.25) is 4.79 Å². The van der Waals surface area contributed by atoms with Gasteiger partial charge in [-0.1, -0.05) is 5.16 Å². The van der Waals surface area contributed by atoms with Gasteiger partial charge in [-0.15, -0.1) is 0 Å². The zero-order chi connectivity index (χ0) is 15.4. The number of likely N-dealkylation sites (N-methyl/N-ethyl adjacent to an activating group) is 1. The third-order valence-electron chi connectivity index (χ3n) is 3.48. The number of ether oxygens (including phenoxy) is 1. The van der Waals surface area contributed by atoms with Crippen molar-refractivity contribution in [2.45, 2.75) is 32.7 Å². The van der Waals surface area contributed by atoms with Crippen molar-refractivity contribution < 1.29 is 19.1 Å². The molecule has 0 heterocycles. The van der Waals surface area contributed by atoms with E-state index in [1.807, 2.05) is 6.92 Å². The van der Waals surface area contributed by atoms with Gasteiger partial charge in [0, 0.05) is 18.2 Å². The molecule has 6 heteroatoms. The van der Waals surface area contributed by atoms with Crippen LogP contribution >= 0.6 is 0 Å². The van der Waals surface area contributed by atoms with Crippen LogP contribution < -0.4 is 4.74 Å².